The third kappa shape index (κ3) is 5.05. The Labute approximate surface area is 121 Å². The summed E-state index contributed by atoms with van der Waals surface area (Å²) in [6.07, 6.45) is 1.01. The molecule has 0 fully saturated rings. The van der Waals surface area contributed by atoms with Crippen molar-refractivity contribution in [3.63, 3.8) is 0 Å². The smallest absolute Gasteiger partial charge is 0.186 e. The molecule has 1 atom stereocenters. The largest absolute Gasteiger partial charge is 0.308 e. The lowest BCUT2D eigenvalue weighted by atomic mass is 10.2. The van der Waals surface area contributed by atoms with Crippen LogP contribution in [0.3, 0.4) is 0 Å². The summed E-state index contributed by atoms with van der Waals surface area (Å²) >= 11 is 1.63. The highest BCUT2D eigenvalue weighted by Gasteiger charge is 2.18. The van der Waals surface area contributed by atoms with Gasteiger partial charge in [-0.05, 0) is 46.1 Å². The fourth-order valence-corrected chi connectivity index (χ4v) is 3.08. The molecule has 0 saturated heterocycles. The van der Waals surface area contributed by atoms with Gasteiger partial charge >= 0.3 is 0 Å². The molecule has 0 amide bonds. The van der Waals surface area contributed by atoms with Crippen LogP contribution in [0.15, 0.2) is 12.1 Å². The molecule has 0 radical (unpaired) electrons. The molecular weight excluding hydrogens is 256 g/mol. The number of rotatable bonds is 8. The van der Waals surface area contributed by atoms with Crippen molar-refractivity contribution in [3.05, 3.63) is 21.9 Å². The maximum Gasteiger partial charge on any atom is 0.186 e. The van der Waals surface area contributed by atoms with Crippen LogP contribution in [-0.4, -0.2) is 55.4 Å². The van der Waals surface area contributed by atoms with E-state index in [2.05, 4.69) is 50.7 Å². The summed E-state index contributed by atoms with van der Waals surface area (Å²) in [4.78, 5) is 18.9. The van der Waals surface area contributed by atoms with Gasteiger partial charge < -0.3 is 4.90 Å². The Morgan fingerprint density at radius 3 is 2.47 bits per heavy atom. The number of hydrogen-bond donors (Lipinski definition) is 0. The Hall–Kier alpha value is -0.710. The maximum absolute atomic E-state index is 12.3. The van der Waals surface area contributed by atoms with Crippen LogP contribution in [0.5, 0.6) is 0 Å². The molecule has 108 valence electrons. The molecule has 3 nitrogen and oxygen atoms in total. The van der Waals surface area contributed by atoms with Crippen molar-refractivity contribution in [2.75, 3.05) is 33.7 Å². The Bertz CT molecular complexity index is 401. The highest BCUT2D eigenvalue weighted by atomic mass is 32.1. The van der Waals surface area contributed by atoms with Gasteiger partial charge in [0.05, 0.1) is 11.4 Å². The predicted molar refractivity (Wildman–Crippen MR) is 83.3 cm³/mol. The Balaban J connectivity index is 2.62. The van der Waals surface area contributed by atoms with E-state index >= 15 is 0 Å². The molecule has 1 rings (SSSR count). The van der Waals surface area contributed by atoms with Crippen LogP contribution in [0.1, 0.15) is 35.3 Å². The molecule has 1 heterocycles. The maximum atomic E-state index is 12.3. The summed E-state index contributed by atoms with van der Waals surface area (Å²) in [6.45, 7) is 8.83. The van der Waals surface area contributed by atoms with Crippen LogP contribution < -0.4 is 0 Å². The van der Waals surface area contributed by atoms with Crippen LogP contribution in [0.2, 0.25) is 0 Å². The van der Waals surface area contributed by atoms with Crippen molar-refractivity contribution in [3.8, 4) is 0 Å². The summed E-state index contributed by atoms with van der Waals surface area (Å²) in [5.74, 6) is 0.247. The summed E-state index contributed by atoms with van der Waals surface area (Å²) < 4.78 is 0. The minimum absolute atomic E-state index is 0.247. The van der Waals surface area contributed by atoms with Gasteiger partial charge in [0, 0.05) is 17.5 Å². The van der Waals surface area contributed by atoms with Gasteiger partial charge in [-0.3, -0.25) is 9.69 Å². The lowest BCUT2D eigenvalue weighted by molar-refractivity contribution is 0.0892. The van der Waals surface area contributed by atoms with Crippen LogP contribution in [-0.2, 0) is 6.42 Å². The fourth-order valence-electron chi connectivity index (χ4n) is 2.20. The molecule has 1 unspecified atom stereocenters. The normalized spacial score (nSPS) is 13.2. The second-order valence-electron chi connectivity index (χ2n) is 5.22. The third-order valence-corrected chi connectivity index (χ3v) is 4.56. The molecule has 1 aromatic heterocycles. The molecule has 4 heteroatoms. The average Bonchev–Trinajstić information content (AvgIpc) is 2.83. The molecule has 19 heavy (non-hydrogen) atoms. The van der Waals surface area contributed by atoms with Gasteiger partial charge in [0.1, 0.15) is 0 Å². The number of nitrogens with zero attached hydrogens (tertiary/aromatic N) is 2. The Morgan fingerprint density at radius 2 is 2.00 bits per heavy atom. The van der Waals surface area contributed by atoms with Crippen molar-refractivity contribution in [2.45, 2.75) is 33.2 Å². The number of hydrogen-bond acceptors (Lipinski definition) is 4. The minimum Gasteiger partial charge on any atom is -0.308 e. The first-order chi connectivity index (χ1) is 8.97. The average molecular weight is 282 g/mol. The molecule has 0 aliphatic rings. The van der Waals surface area contributed by atoms with Crippen molar-refractivity contribution < 1.29 is 4.79 Å². The molecule has 0 aromatic carbocycles. The zero-order chi connectivity index (χ0) is 14.4. The molecule has 0 aliphatic heterocycles. The minimum atomic E-state index is 0.247. The van der Waals surface area contributed by atoms with Gasteiger partial charge in [0.25, 0.3) is 0 Å². The second kappa shape index (κ2) is 7.78. The summed E-state index contributed by atoms with van der Waals surface area (Å²) in [5.41, 5.74) is 0. The van der Waals surface area contributed by atoms with E-state index in [9.17, 15) is 4.79 Å². The molecule has 0 saturated carbocycles. The van der Waals surface area contributed by atoms with Crippen LogP contribution in [0, 0.1) is 0 Å². The van der Waals surface area contributed by atoms with E-state index in [1.54, 1.807) is 11.3 Å². The van der Waals surface area contributed by atoms with E-state index in [0.717, 1.165) is 24.4 Å². The van der Waals surface area contributed by atoms with E-state index in [1.807, 2.05) is 6.07 Å². The molecule has 0 aliphatic carbocycles. The number of likely N-dealkylation sites (N-methyl/N-ethyl adjacent to an activating group) is 2. The Morgan fingerprint density at radius 1 is 1.32 bits per heavy atom. The van der Waals surface area contributed by atoms with E-state index in [1.165, 1.54) is 4.88 Å². The van der Waals surface area contributed by atoms with Crippen molar-refractivity contribution in [1.29, 1.82) is 0 Å². The number of carbonyl (C=O) groups excluding carboxylic acids is 1. The van der Waals surface area contributed by atoms with Crippen molar-refractivity contribution in [1.82, 2.24) is 9.80 Å². The van der Waals surface area contributed by atoms with E-state index in [4.69, 9.17) is 0 Å². The molecular formula is C15H26N2OS. The van der Waals surface area contributed by atoms with Gasteiger partial charge in [0.15, 0.2) is 5.78 Å². The molecule has 1 aromatic rings. The van der Waals surface area contributed by atoms with Crippen LogP contribution in [0.25, 0.3) is 0 Å². The first kappa shape index (κ1) is 16.3. The summed E-state index contributed by atoms with van der Waals surface area (Å²) in [5, 5.41) is 0. The molecule has 0 bridgehead atoms. The number of thiophene rings is 1. The van der Waals surface area contributed by atoms with Gasteiger partial charge in [-0.1, -0.05) is 13.8 Å². The first-order valence-electron chi connectivity index (χ1n) is 6.98. The molecule has 0 spiro atoms. The zero-order valence-electron chi connectivity index (χ0n) is 12.8. The van der Waals surface area contributed by atoms with E-state index < -0.39 is 0 Å². The quantitative estimate of drug-likeness (QED) is 0.685. The molecule has 0 N–H and O–H groups in total. The second-order valence-corrected chi connectivity index (χ2v) is 6.39. The van der Waals surface area contributed by atoms with Gasteiger partial charge in [-0.2, -0.15) is 0 Å². The highest BCUT2D eigenvalue weighted by molar-refractivity contribution is 7.14. The lowest BCUT2D eigenvalue weighted by Gasteiger charge is -2.29. The SMILES string of the molecule is CCc1ccc(C(=O)CN(CC)C(C)CN(C)C)s1. The highest BCUT2D eigenvalue weighted by Crippen LogP contribution is 2.18. The van der Waals surface area contributed by atoms with Gasteiger partial charge in [0.2, 0.25) is 0 Å². The van der Waals surface area contributed by atoms with Gasteiger partial charge in [-0.15, -0.1) is 11.3 Å². The number of carbonyl (C=O) groups is 1. The van der Waals surface area contributed by atoms with Crippen LogP contribution in [0.4, 0.5) is 0 Å². The van der Waals surface area contributed by atoms with Crippen molar-refractivity contribution in [2.24, 2.45) is 0 Å². The van der Waals surface area contributed by atoms with Gasteiger partial charge in [-0.25, -0.2) is 0 Å². The zero-order valence-corrected chi connectivity index (χ0v) is 13.6. The van der Waals surface area contributed by atoms with Crippen molar-refractivity contribution >= 4 is 17.1 Å². The predicted octanol–water partition coefficient (Wildman–Crippen LogP) is 2.77. The summed E-state index contributed by atoms with van der Waals surface area (Å²) in [6, 6.07) is 4.43. The monoisotopic (exact) mass is 282 g/mol. The topological polar surface area (TPSA) is 23.6 Å². The van der Waals surface area contributed by atoms with E-state index in [-0.39, 0.29) is 5.78 Å². The van der Waals surface area contributed by atoms with Crippen LogP contribution >= 0.6 is 11.3 Å². The summed E-state index contributed by atoms with van der Waals surface area (Å²) in [7, 11) is 4.14. The van der Waals surface area contributed by atoms with E-state index in [0.29, 0.717) is 12.6 Å². The number of aryl methyl sites for hydroxylation is 1. The lowest BCUT2D eigenvalue weighted by Crippen LogP contribution is -2.42. The Kier molecular flexibility index (Phi) is 6.69. The third-order valence-electron chi connectivity index (χ3n) is 3.29. The standard InChI is InChI=1S/C15H26N2OS/c1-6-13-8-9-15(19-13)14(18)11-17(7-2)12(3)10-16(4)5/h8-9,12H,6-7,10-11H2,1-5H3. The first-order valence-corrected chi connectivity index (χ1v) is 7.80. The number of Topliss-reactive ketones (excluding diaryl/α,β-unsaturated/α-hetero) is 1. The number of ketones is 1. The fraction of sp³-hybridized carbons (Fsp3) is 0.667.